The van der Waals surface area contributed by atoms with Gasteiger partial charge in [-0.2, -0.15) is 0 Å². The molecule has 2 aromatic rings. The smallest absolute Gasteiger partial charge is 0.225 e. The summed E-state index contributed by atoms with van der Waals surface area (Å²) >= 11 is 0. The van der Waals surface area contributed by atoms with Gasteiger partial charge in [-0.05, 0) is 69.5 Å². The average molecular weight is 432 g/mol. The minimum absolute atomic E-state index is 0.192. The molecule has 4 rings (SSSR count). The first kappa shape index (κ1) is 22.6. The SMILES string of the molecule is CC(=Cc1ccccc1)CN1CCC(C(=O)N2CCN(c3cccc(C)c3C)CC2)CC1. The Balaban J connectivity index is 1.24. The summed E-state index contributed by atoms with van der Waals surface area (Å²) in [4.78, 5) is 20.2. The summed E-state index contributed by atoms with van der Waals surface area (Å²) in [7, 11) is 0. The third kappa shape index (κ3) is 5.42. The summed E-state index contributed by atoms with van der Waals surface area (Å²) in [6.07, 6.45) is 4.23. The van der Waals surface area contributed by atoms with E-state index in [1.54, 1.807) is 0 Å². The molecule has 170 valence electrons. The second-order valence-corrected chi connectivity index (χ2v) is 9.48. The van der Waals surface area contributed by atoms with Crippen molar-refractivity contribution in [3.63, 3.8) is 0 Å². The molecule has 2 fully saturated rings. The highest BCUT2D eigenvalue weighted by Crippen LogP contribution is 2.26. The number of hydrogen-bond acceptors (Lipinski definition) is 3. The normalized spacial score (nSPS) is 18.8. The number of nitrogens with zero attached hydrogens (tertiary/aromatic N) is 3. The second-order valence-electron chi connectivity index (χ2n) is 9.48. The lowest BCUT2D eigenvalue weighted by atomic mass is 9.94. The van der Waals surface area contributed by atoms with E-state index < -0.39 is 0 Å². The summed E-state index contributed by atoms with van der Waals surface area (Å²) in [5, 5.41) is 0. The van der Waals surface area contributed by atoms with Crippen molar-refractivity contribution in [2.45, 2.75) is 33.6 Å². The Labute approximate surface area is 193 Å². The molecule has 0 aromatic heterocycles. The Morgan fingerprint density at radius 3 is 2.28 bits per heavy atom. The summed E-state index contributed by atoms with van der Waals surface area (Å²) < 4.78 is 0. The predicted molar refractivity (Wildman–Crippen MR) is 134 cm³/mol. The number of anilines is 1. The largest absolute Gasteiger partial charge is 0.368 e. The maximum absolute atomic E-state index is 13.2. The number of carbonyl (C=O) groups excluding carboxylic acids is 1. The number of hydrogen-bond donors (Lipinski definition) is 0. The van der Waals surface area contributed by atoms with Crippen LogP contribution in [0.4, 0.5) is 5.69 Å². The maximum atomic E-state index is 13.2. The molecule has 2 aromatic carbocycles. The lowest BCUT2D eigenvalue weighted by molar-refractivity contribution is -0.137. The van der Waals surface area contributed by atoms with Gasteiger partial charge in [0.05, 0.1) is 0 Å². The van der Waals surface area contributed by atoms with Gasteiger partial charge in [0.2, 0.25) is 5.91 Å². The zero-order chi connectivity index (χ0) is 22.5. The minimum atomic E-state index is 0.192. The molecule has 4 nitrogen and oxygen atoms in total. The first-order valence-corrected chi connectivity index (χ1v) is 12.1. The fourth-order valence-electron chi connectivity index (χ4n) is 5.07. The minimum Gasteiger partial charge on any atom is -0.368 e. The van der Waals surface area contributed by atoms with Crippen molar-refractivity contribution in [2.24, 2.45) is 5.92 Å². The van der Waals surface area contributed by atoms with Crippen molar-refractivity contribution in [1.29, 1.82) is 0 Å². The average Bonchev–Trinajstić information content (AvgIpc) is 2.82. The Morgan fingerprint density at radius 2 is 1.59 bits per heavy atom. The van der Waals surface area contributed by atoms with Crippen molar-refractivity contribution in [3.05, 3.63) is 70.8 Å². The molecular weight excluding hydrogens is 394 g/mol. The van der Waals surface area contributed by atoms with Crippen LogP contribution in [-0.2, 0) is 4.79 Å². The molecule has 4 heteroatoms. The molecule has 1 amide bonds. The van der Waals surface area contributed by atoms with Crippen molar-refractivity contribution < 1.29 is 4.79 Å². The van der Waals surface area contributed by atoms with Crippen LogP contribution in [0.25, 0.3) is 6.08 Å². The van der Waals surface area contributed by atoms with E-state index in [9.17, 15) is 4.79 Å². The van der Waals surface area contributed by atoms with Crippen LogP contribution >= 0.6 is 0 Å². The van der Waals surface area contributed by atoms with Gasteiger partial charge in [0.1, 0.15) is 0 Å². The maximum Gasteiger partial charge on any atom is 0.225 e. The number of carbonyl (C=O) groups is 1. The highest BCUT2D eigenvalue weighted by molar-refractivity contribution is 5.79. The second kappa shape index (κ2) is 10.4. The third-order valence-corrected chi connectivity index (χ3v) is 7.13. The number of amides is 1. The van der Waals surface area contributed by atoms with Gasteiger partial charge < -0.3 is 9.80 Å². The van der Waals surface area contributed by atoms with Crippen LogP contribution in [-0.4, -0.2) is 61.5 Å². The van der Waals surface area contributed by atoms with E-state index in [1.165, 1.54) is 28.0 Å². The van der Waals surface area contributed by atoms with E-state index >= 15 is 0 Å². The number of benzene rings is 2. The molecule has 0 atom stereocenters. The molecular formula is C28H37N3O. The molecule has 2 saturated heterocycles. The molecule has 0 radical (unpaired) electrons. The van der Waals surface area contributed by atoms with E-state index in [0.717, 1.165) is 58.7 Å². The van der Waals surface area contributed by atoms with Crippen molar-refractivity contribution in [2.75, 3.05) is 50.7 Å². The van der Waals surface area contributed by atoms with Crippen molar-refractivity contribution in [3.8, 4) is 0 Å². The van der Waals surface area contributed by atoms with E-state index in [0.29, 0.717) is 5.91 Å². The van der Waals surface area contributed by atoms with Crippen LogP contribution in [0.3, 0.4) is 0 Å². The molecule has 0 N–H and O–H groups in total. The number of aryl methyl sites for hydroxylation is 1. The van der Waals surface area contributed by atoms with Crippen molar-refractivity contribution in [1.82, 2.24) is 9.80 Å². The van der Waals surface area contributed by atoms with Gasteiger partial charge in [0, 0.05) is 44.3 Å². The zero-order valence-electron chi connectivity index (χ0n) is 19.9. The molecule has 0 aliphatic carbocycles. The van der Waals surface area contributed by atoms with Gasteiger partial charge in [0.15, 0.2) is 0 Å². The fraction of sp³-hybridized carbons (Fsp3) is 0.464. The Kier molecular flexibility index (Phi) is 7.31. The van der Waals surface area contributed by atoms with E-state index in [1.807, 2.05) is 0 Å². The predicted octanol–water partition coefficient (Wildman–Crippen LogP) is 4.77. The van der Waals surface area contributed by atoms with E-state index in [4.69, 9.17) is 0 Å². The molecule has 0 saturated carbocycles. The lowest BCUT2D eigenvalue weighted by Gasteiger charge is -2.40. The van der Waals surface area contributed by atoms with Gasteiger partial charge in [-0.25, -0.2) is 0 Å². The summed E-state index contributed by atoms with van der Waals surface area (Å²) in [5.41, 5.74) is 6.65. The van der Waals surface area contributed by atoms with Gasteiger partial charge in [-0.3, -0.25) is 9.69 Å². The quantitative estimate of drug-likeness (QED) is 0.682. The Bertz CT molecular complexity index is 936. The van der Waals surface area contributed by atoms with Crippen LogP contribution in [0, 0.1) is 19.8 Å². The molecule has 2 aliphatic heterocycles. The van der Waals surface area contributed by atoms with Gasteiger partial charge in [-0.1, -0.05) is 54.1 Å². The summed E-state index contributed by atoms with van der Waals surface area (Å²) in [5.74, 6) is 0.568. The van der Waals surface area contributed by atoms with Crippen molar-refractivity contribution >= 4 is 17.7 Å². The zero-order valence-corrected chi connectivity index (χ0v) is 19.9. The molecule has 0 spiro atoms. The van der Waals surface area contributed by atoms with Gasteiger partial charge in [0.25, 0.3) is 0 Å². The van der Waals surface area contributed by atoms with Crippen LogP contribution in [0.5, 0.6) is 0 Å². The lowest BCUT2D eigenvalue weighted by Crippen LogP contribution is -2.51. The summed E-state index contributed by atoms with van der Waals surface area (Å²) in [6.45, 7) is 13.1. The van der Waals surface area contributed by atoms with Gasteiger partial charge in [-0.15, -0.1) is 0 Å². The number of likely N-dealkylation sites (tertiary alicyclic amines) is 1. The molecule has 0 unspecified atom stereocenters. The number of piperazine rings is 1. The topological polar surface area (TPSA) is 26.8 Å². The highest BCUT2D eigenvalue weighted by atomic mass is 16.2. The summed E-state index contributed by atoms with van der Waals surface area (Å²) in [6, 6.07) is 17.0. The Hall–Kier alpha value is -2.59. The van der Waals surface area contributed by atoms with Crippen LogP contribution < -0.4 is 4.90 Å². The monoisotopic (exact) mass is 431 g/mol. The third-order valence-electron chi connectivity index (χ3n) is 7.13. The fourth-order valence-corrected chi connectivity index (χ4v) is 5.07. The first-order chi connectivity index (χ1) is 15.5. The van der Waals surface area contributed by atoms with Crippen LogP contribution in [0.1, 0.15) is 36.5 Å². The first-order valence-electron chi connectivity index (χ1n) is 12.1. The van der Waals surface area contributed by atoms with E-state index in [-0.39, 0.29) is 5.92 Å². The van der Waals surface area contributed by atoms with Gasteiger partial charge >= 0.3 is 0 Å². The van der Waals surface area contributed by atoms with E-state index in [2.05, 4.69) is 90.1 Å². The molecule has 0 bridgehead atoms. The molecule has 32 heavy (non-hydrogen) atoms. The Morgan fingerprint density at radius 1 is 0.906 bits per heavy atom. The molecule has 2 heterocycles. The highest BCUT2D eigenvalue weighted by Gasteiger charge is 2.30. The number of piperidine rings is 1. The van der Waals surface area contributed by atoms with Crippen LogP contribution in [0.2, 0.25) is 0 Å². The standard InChI is InChI=1S/C28H37N3O/c1-22(20-25-9-5-4-6-10-25)21-29-14-12-26(13-15-29)28(32)31-18-16-30(17-19-31)27-11-7-8-23(2)24(27)3/h4-11,20,26H,12-19,21H2,1-3H3. The van der Waals surface area contributed by atoms with Crippen LogP contribution in [0.15, 0.2) is 54.1 Å². The molecule has 2 aliphatic rings. The number of rotatable bonds is 5.